The van der Waals surface area contributed by atoms with Crippen LogP contribution in [0.2, 0.25) is 0 Å². The van der Waals surface area contributed by atoms with Gasteiger partial charge in [-0.25, -0.2) is 0 Å². The SMILES string of the molecule is CCNC(=NC[C@H]1CCCN1CC(C)C)NCCCOCCOC.I. The molecule has 1 aliphatic heterocycles. The Morgan fingerprint density at radius 2 is 2.04 bits per heavy atom. The third kappa shape index (κ3) is 12.0. The smallest absolute Gasteiger partial charge is 0.191 e. The first-order chi connectivity index (χ1) is 11.7. The fraction of sp³-hybridized carbons (Fsp3) is 0.944. The van der Waals surface area contributed by atoms with Gasteiger partial charge in [0, 0.05) is 39.4 Å². The number of likely N-dealkylation sites (tertiary alicyclic amines) is 1. The Hall–Kier alpha value is -0.120. The largest absolute Gasteiger partial charge is 0.382 e. The highest BCUT2D eigenvalue weighted by molar-refractivity contribution is 14.0. The van der Waals surface area contributed by atoms with E-state index in [-0.39, 0.29) is 24.0 Å². The third-order valence-electron chi connectivity index (χ3n) is 4.09. The number of hydrogen-bond donors (Lipinski definition) is 2. The van der Waals surface area contributed by atoms with Gasteiger partial charge in [0.1, 0.15) is 0 Å². The highest BCUT2D eigenvalue weighted by Crippen LogP contribution is 2.18. The van der Waals surface area contributed by atoms with Crippen LogP contribution in [0.4, 0.5) is 0 Å². The lowest BCUT2D eigenvalue weighted by Gasteiger charge is -2.25. The first-order valence-electron chi connectivity index (χ1n) is 9.50. The lowest BCUT2D eigenvalue weighted by Crippen LogP contribution is -2.40. The Bertz CT molecular complexity index is 343. The van der Waals surface area contributed by atoms with Crippen molar-refractivity contribution in [3.63, 3.8) is 0 Å². The molecule has 150 valence electrons. The highest BCUT2D eigenvalue weighted by Gasteiger charge is 2.24. The first-order valence-corrected chi connectivity index (χ1v) is 9.50. The Kier molecular flexibility index (Phi) is 16.0. The van der Waals surface area contributed by atoms with Crippen LogP contribution in [0, 0.1) is 5.92 Å². The quantitative estimate of drug-likeness (QED) is 0.199. The summed E-state index contributed by atoms with van der Waals surface area (Å²) in [6.07, 6.45) is 3.54. The molecule has 1 saturated heterocycles. The number of hydrogen-bond acceptors (Lipinski definition) is 4. The maximum Gasteiger partial charge on any atom is 0.191 e. The van der Waals surface area contributed by atoms with Gasteiger partial charge >= 0.3 is 0 Å². The zero-order chi connectivity index (χ0) is 17.6. The monoisotopic (exact) mass is 470 g/mol. The van der Waals surface area contributed by atoms with E-state index >= 15 is 0 Å². The van der Waals surface area contributed by atoms with E-state index in [1.807, 2.05) is 0 Å². The standard InChI is InChI=1S/C18H38N4O2.HI/c1-5-19-18(20-9-7-11-24-13-12-23-4)21-14-17-8-6-10-22(17)15-16(2)3;/h16-17H,5-15H2,1-4H3,(H2,19,20,21);1H/t17-;/m1./s1. The molecule has 0 aromatic rings. The summed E-state index contributed by atoms with van der Waals surface area (Å²) in [5.74, 6) is 1.64. The maximum atomic E-state index is 5.48. The summed E-state index contributed by atoms with van der Waals surface area (Å²) in [4.78, 5) is 7.39. The Labute approximate surface area is 171 Å². The van der Waals surface area contributed by atoms with Crippen molar-refractivity contribution < 1.29 is 9.47 Å². The van der Waals surface area contributed by atoms with Gasteiger partial charge in [0.15, 0.2) is 5.96 Å². The minimum atomic E-state index is 0. The van der Waals surface area contributed by atoms with Gasteiger partial charge in [0.2, 0.25) is 0 Å². The molecule has 0 unspecified atom stereocenters. The van der Waals surface area contributed by atoms with E-state index in [2.05, 4.69) is 36.3 Å². The van der Waals surface area contributed by atoms with E-state index in [1.165, 1.54) is 25.9 Å². The highest BCUT2D eigenvalue weighted by atomic mass is 127. The Morgan fingerprint density at radius 1 is 1.24 bits per heavy atom. The second kappa shape index (κ2) is 16.1. The van der Waals surface area contributed by atoms with Crippen LogP contribution in [0.1, 0.15) is 40.0 Å². The van der Waals surface area contributed by atoms with Crippen molar-refractivity contribution in [3.05, 3.63) is 0 Å². The molecule has 0 saturated carbocycles. The van der Waals surface area contributed by atoms with E-state index in [4.69, 9.17) is 14.5 Å². The van der Waals surface area contributed by atoms with Crippen molar-refractivity contribution in [2.75, 3.05) is 59.7 Å². The van der Waals surface area contributed by atoms with E-state index in [1.54, 1.807) is 7.11 Å². The van der Waals surface area contributed by atoms with Crippen molar-refractivity contribution in [2.24, 2.45) is 10.9 Å². The van der Waals surface area contributed by atoms with Crippen LogP contribution in [0.5, 0.6) is 0 Å². The number of ether oxygens (including phenoxy) is 2. The van der Waals surface area contributed by atoms with Gasteiger partial charge in [0.25, 0.3) is 0 Å². The number of nitrogens with one attached hydrogen (secondary N) is 2. The van der Waals surface area contributed by atoms with Crippen LogP contribution in [0.15, 0.2) is 4.99 Å². The Balaban J connectivity index is 0.00000576. The lowest BCUT2D eigenvalue weighted by atomic mass is 10.2. The molecular weight excluding hydrogens is 431 g/mol. The molecule has 2 N–H and O–H groups in total. The van der Waals surface area contributed by atoms with Crippen molar-refractivity contribution in [1.82, 2.24) is 15.5 Å². The van der Waals surface area contributed by atoms with Crippen molar-refractivity contribution in [1.29, 1.82) is 0 Å². The molecule has 6 nitrogen and oxygen atoms in total. The van der Waals surface area contributed by atoms with Crippen LogP contribution in [-0.2, 0) is 9.47 Å². The molecule has 25 heavy (non-hydrogen) atoms. The van der Waals surface area contributed by atoms with Crippen LogP contribution in [0.3, 0.4) is 0 Å². The molecule has 1 aliphatic rings. The molecule has 1 rings (SSSR count). The van der Waals surface area contributed by atoms with Gasteiger partial charge in [-0.15, -0.1) is 24.0 Å². The maximum absolute atomic E-state index is 5.48. The summed E-state index contributed by atoms with van der Waals surface area (Å²) in [6.45, 7) is 13.8. The molecular formula is C18H39IN4O2. The second-order valence-electron chi connectivity index (χ2n) is 6.79. The van der Waals surface area contributed by atoms with E-state index in [0.29, 0.717) is 19.3 Å². The summed E-state index contributed by atoms with van der Waals surface area (Å²) >= 11 is 0. The van der Waals surface area contributed by atoms with Crippen LogP contribution in [0.25, 0.3) is 0 Å². The first kappa shape index (κ1) is 24.9. The lowest BCUT2D eigenvalue weighted by molar-refractivity contribution is 0.0698. The van der Waals surface area contributed by atoms with Crippen molar-refractivity contribution >= 4 is 29.9 Å². The predicted molar refractivity (Wildman–Crippen MR) is 116 cm³/mol. The summed E-state index contributed by atoms with van der Waals surface area (Å²) in [7, 11) is 1.69. The van der Waals surface area contributed by atoms with Crippen molar-refractivity contribution in [2.45, 2.75) is 46.1 Å². The van der Waals surface area contributed by atoms with E-state index in [0.717, 1.165) is 44.5 Å². The number of nitrogens with zero attached hydrogens (tertiary/aromatic N) is 2. The summed E-state index contributed by atoms with van der Waals surface area (Å²) < 4.78 is 10.4. The van der Waals surface area contributed by atoms with Gasteiger partial charge in [-0.3, -0.25) is 9.89 Å². The molecule has 0 aliphatic carbocycles. The summed E-state index contributed by atoms with van der Waals surface area (Å²) in [6, 6.07) is 0.597. The Morgan fingerprint density at radius 3 is 2.72 bits per heavy atom. The molecule has 0 aromatic carbocycles. The van der Waals surface area contributed by atoms with Crippen LogP contribution >= 0.6 is 24.0 Å². The molecule has 0 aromatic heterocycles. The number of rotatable bonds is 12. The summed E-state index contributed by atoms with van der Waals surface area (Å²) in [5.41, 5.74) is 0. The van der Waals surface area contributed by atoms with Crippen LogP contribution < -0.4 is 10.6 Å². The topological polar surface area (TPSA) is 58.1 Å². The molecule has 0 radical (unpaired) electrons. The minimum Gasteiger partial charge on any atom is -0.382 e. The molecule has 0 amide bonds. The van der Waals surface area contributed by atoms with Gasteiger partial charge in [-0.2, -0.15) is 0 Å². The number of halogens is 1. The fourth-order valence-electron chi connectivity index (χ4n) is 2.98. The fourth-order valence-corrected chi connectivity index (χ4v) is 2.98. The average molecular weight is 470 g/mol. The summed E-state index contributed by atoms with van der Waals surface area (Å²) in [5, 5.41) is 6.73. The molecule has 7 heteroatoms. The molecule has 0 bridgehead atoms. The number of methoxy groups -OCH3 is 1. The number of aliphatic imine (C=N–C) groups is 1. The molecule has 0 spiro atoms. The van der Waals surface area contributed by atoms with Gasteiger partial charge < -0.3 is 20.1 Å². The van der Waals surface area contributed by atoms with Gasteiger partial charge in [0.05, 0.1) is 19.8 Å². The average Bonchev–Trinajstić information content (AvgIpc) is 2.98. The zero-order valence-electron chi connectivity index (χ0n) is 16.6. The van der Waals surface area contributed by atoms with Gasteiger partial charge in [-0.1, -0.05) is 13.8 Å². The zero-order valence-corrected chi connectivity index (χ0v) is 18.9. The third-order valence-corrected chi connectivity index (χ3v) is 4.09. The van der Waals surface area contributed by atoms with E-state index < -0.39 is 0 Å². The second-order valence-corrected chi connectivity index (χ2v) is 6.79. The molecule has 1 heterocycles. The molecule has 1 atom stereocenters. The van der Waals surface area contributed by atoms with Crippen molar-refractivity contribution in [3.8, 4) is 0 Å². The number of guanidine groups is 1. The normalized spacial score (nSPS) is 18.4. The molecule has 1 fully saturated rings. The van der Waals surface area contributed by atoms with Crippen LogP contribution in [-0.4, -0.2) is 76.6 Å². The van der Waals surface area contributed by atoms with Gasteiger partial charge in [-0.05, 0) is 38.6 Å². The predicted octanol–water partition coefficient (Wildman–Crippen LogP) is 2.33. The van der Waals surface area contributed by atoms with E-state index in [9.17, 15) is 0 Å². The minimum absolute atomic E-state index is 0.